The van der Waals surface area contributed by atoms with Gasteiger partial charge in [0.25, 0.3) is 0 Å². The second kappa shape index (κ2) is 10.9. The molecule has 2 aromatic rings. The number of rotatable bonds is 4. The number of benzene rings is 2. The lowest BCUT2D eigenvalue weighted by Crippen LogP contribution is -2.06. The molecule has 2 N–H and O–H groups in total. The zero-order chi connectivity index (χ0) is 22.2. The van der Waals surface area contributed by atoms with Crippen LogP contribution in [0.5, 0.6) is 0 Å². The van der Waals surface area contributed by atoms with Gasteiger partial charge in [-0.25, -0.2) is 0 Å². The summed E-state index contributed by atoms with van der Waals surface area (Å²) in [6.07, 6.45) is 6.46. The Balaban J connectivity index is 1.66. The Morgan fingerprint density at radius 3 is 2.45 bits per heavy atom. The molecule has 158 valence electrons. The van der Waals surface area contributed by atoms with E-state index in [2.05, 4.69) is 42.2 Å². The molecule has 2 aromatic carbocycles. The Morgan fingerprint density at radius 1 is 1.10 bits per heavy atom. The minimum atomic E-state index is 0.400. The van der Waals surface area contributed by atoms with Crippen molar-refractivity contribution in [2.75, 3.05) is 0 Å². The Hall–Kier alpha value is -3.01. The number of allylic oxidation sites excluding steroid dienone is 1. The third kappa shape index (κ3) is 6.24. The lowest BCUT2D eigenvalue weighted by Gasteiger charge is -2.15. The van der Waals surface area contributed by atoms with E-state index in [1.165, 1.54) is 32.1 Å². The number of nitrogens with two attached hydrogens (primary N) is 1. The first-order chi connectivity index (χ1) is 15.0. The van der Waals surface area contributed by atoms with Gasteiger partial charge in [-0.3, -0.25) is 4.99 Å². The smallest absolute Gasteiger partial charge is 0.101 e. The van der Waals surface area contributed by atoms with Gasteiger partial charge in [0.2, 0.25) is 0 Å². The number of hydrogen-bond donors (Lipinski definition) is 1. The molecule has 31 heavy (non-hydrogen) atoms. The van der Waals surface area contributed by atoms with Gasteiger partial charge in [0.15, 0.2) is 0 Å². The third-order valence-corrected chi connectivity index (χ3v) is 6.14. The van der Waals surface area contributed by atoms with Gasteiger partial charge in [-0.05, 0) is 67.7 Å². The van der Waals surface area contributed by atoms with Crippen LogP contribution in [0, 0.1) is 29.1 Å². The average Bonchev–Trinajstić information content (AvgIpc) is 2.81. The van der Waals surface area contributed by atoms with Crippen molar-refractivity contribution in [2.45, 2.75) is 52.5 Å². The van der Waals surface area contributed by atoms with Gasteiger partial charge in [0.05, 0.1) is 17.1 Å². The lowest BCUT2D eigenvalue weighted by molar-refractivity contribution is 0.430. The fourth-order valence-electron chi connectivity index (χ4n) is 3.64. The van der Waals surface area contributed by atoms with Crippen molar-refractivity contribution in [1.29, 1.82) is 5.26 Å². The molecule has 0 spiro atoms. The average molecular weight is 430 g/mol. The molecule has 0 heterocycles. The first-order valence-corrected chi connectivity index (χ1v) is 11.1. The highest BCUT2D eigenvalue weighted by molar-refractivity contribution is 6.31. The Bertz CT molecular complexity index is 1090. The van der Waals surface area contributed by atoms with Crippen molar-refractivity contribution in [3.05, 3.63) is 75.3 Å². The van der Waals surface area contributed by atoms with E-state index in [-0.39, 0.29) is 0 Å². The molecule has 1 aliphatic carbocycles. The third-order valence-electron chi connectivity index (χ3n) is 5.83. The highest BCUT2D eigenvalue weighted by Crippen LogP contribution is 2.23. The summed E-state index contributed by atoms with van der Waals surface area (Å²) in [4.78, 5) is 4.70. The topological polar surface area (TPSA) is 62.2 Å². The zero-order valence-electron chi connectivity index (χ0n) is 18.2. The first kappa shape index (κ1) is 22.7. The summed E-state index contributed by atoms with van der Waals surface area (Å²) in [5.41, 5.74) is 12.1. The zero-order valence-corrected chi connectivity index (χ0v) is 19.0. The van der Waals surface area contributed by atoms with Crippen molar-refractivity contribution in [1.82, 2.24) is 0 Å². The van der Waals surface area contributed by atoms with E-state index in [4.69, 9.17) is 27.6 Å². The number of hydrogen-bond acceptors (Lipinski definition) is 3. The SMILES string of the molecule is CC(=NCc1ccc(C#CC2CCCCC2)cc1)/C(C)=C(\N)c1ccc(C#N)c(Cl)c1. The quantitative estimate of drug-likeness (QED) is 0.445. The Morgan fingerprint density at radius 2 is 1.81 bits per heavy atom. The number of aliphatic imine (C=N–C) groups is 1. The summed E-state index contributed by atoms with van der Waals surface area (Å²) >= 11 is 6.14. The molecule has 0 radical (unpaired) electrons. The van der Waals surface area contributed by atoms with E-state index < -0.39 is 0 Å². The minimum Gasteiger partial charge on any atom is -0.398 e. The number of nitriles is 1. The molecule has 4 heteroatoms. The van der Waals surface area contributed by atoms with Crippen molar-refractivity contribution in [3.63, 3.8) is 0 Å². The highest BCUT2D eigenvalue weighted by atomic mass is 35.5. The second-order valence-electron chi connectivity index (χ2n) is 8.05. The maximum absolute atomic E-state index is 9.03. The molecule has 0 saturated heterocycles. The molecule has 1 aliphatic rings. The molecule has 0 bridgehead atoms. The first-order valence-electron chi connectivity index (χ1n) is 10.8. The van der Waals surface area contributed by atoms with E-state index in [9.17, 15) is 0 Å². The Labute approximate surface area is 190 Å². The van der Waals surface area contributed by atoms with Crippen LogP contribution in [-0.4, -0.2) is 5.71 Å². The lowest BCUT2D eigenvalue weighted by atomic mass is 9.89. The molecule has 3 rings (SSSR count). The van der Waals surface area contributed by atoms with Crippen LogP contribution in [0.2, 0.25) is 5.02 Å². The van der Waals surface area contributed by atoms with Crippen LogP contribution >= 0.6 is 11.6 Å². The predicted molar refractivity (Wildman–Crippen MR) is 130 cm³/mol. The molecule has 1 saturated carbocycles. The monoisotopic (exact) mass is 429 g/mol. The molecule has 1 fully saturated rings. The van der Waals surface area contributed by atoms with Crippen molar-refractivity contribution < 1.29 is 0 Å². The van der Waals surface area contributed by atoms with E-state index in [0.29, 0.717) is 28.7 Å². The summed E-state index contributed by atoms with van der Waals surface area (Å²) in [5.74, 6) is 7.33. The highest BCUT2D eigenvalue weighted by Gasteiger charge is 2.10. The van der Waals surface area contributed by atoms with E-state index >= 15 is 0 Å². The summed E-state index contributed by atoms with van der Waals surface area (Å²) in [6.45, 7) is 4.49. The number of halogens is 1. The summed E-state index contributed by atoms with van der Waals surface area (Å²) in [7, 11) is 0. The number of nitrogens with zero attached hydrogens (tertiary/aromatic N) is 2. The van der Waals surface area contributed by atoms with Crippen molar-refractivity contribution in [3.8, 4) is 17.9 Å². The summed E-state index contributed by atoms with van der Waals surface area (Å²) < 4.78 is 0. The maximum atomic E-state index is 9.03. The summed E-state index contributed by atoms with van der Waals surface area (Å²) in [6, 6.07) is 15.6. The molecule has 0 aromatic heterocycles. The minimum absolute atomic E-state index is 0.400. The van der Waals surface area contributed by atoms with E-state index in [1.54, 1.807) is 12.1 Å². The van der Waals surface area contributed by atoms with Gasteiger partial charge in [0.1, 0.15) is 6.07 Å². The second-order valence-corrected chi connectivity index (χ2v) is 8.46. The van der Waals surface area contributed by atoms with Crippen molar-refractivity contribution >= 4 is 23.0 Å². The van der Waals surface area contributed by atoms with Crippen LogP contribution < -0.4 is 5.73 Å². The fraction of sp³-hybridized carbons (Fsp3) is 0.333. The summed E-state index contributed by atoms with van der Waals surface area (Å²) in [5, 5.41) is 9.43. The van der Waals surface area contributed by atoms with Crippen LogP contribution in [0.1, 0.15) is 68.2 Å². The molecule has 0 unspecified atom stereocenters. The molecular weight excluding hydrogens is 402 g/mol. The maximum Gasteiger partial charge on any atom is 0.101 e. The van der Waals surface area contributed by atoms with Gasteiger partial charge < -0.3 is 5.73 Å². The van der Waals surface area contributed by atoms with E-state index in [1.807, 2.05) is 19.9 Å². The standard InChI is InChI=1S/C27H28ClN3/c1-19(27(30)24-14-15-25(17-29)26(28)16-24)20(2)31-18-23-12-10-22(11-13-23)9-8-21-6-4-3-5-7-21/h10-16,21H,3-7,18,30H2,1-2H3/b27-19-,31-20?. The van der Waals surface area contributed by atoms with Crippen LogP contribution in [-0.2, 0) is 6.54 Å². The largest absolute Gasteiger partial charge is 0.398 e. The molecule has 0 atom stereocenters. The van der Waals surface area contributed by atoms with Crippen LogP contribution in [0.3, 0.4) is 0 Å². The van der Waals surface area contributed by atoms with Gasteiger partial charge in [-0.15, -0.1) is 0 Å². The normalized spacial score (nSPS) is 15.5. The van der Waals surface area contributed by atoms with Gasteiger partial charge in [-0.2, -0.15) is 5.26 Å². The van der Waals surface area contributed by atoms with Crippen LogP contribution in [0.4, 0.5) is 0 Å². The fourth-order valence-corrected chi connectivity index (χ4v) is 3.86. The predicted octanol–water partition coefficient (Wildman–Crippen LogP) is 6.49. The molecule has 0 aliphatic heterocycles. The van der Waals surface area contributed by atoms with E-state index in [0.717, 1.165) is 28.0 Å². The van der Waals surface area contributed by atoms with Gasteiger partial charge >= 0.3 is 0 Å². The Kier molecular flexibility index (Phi) is 7.94. The molecular formula is C27H28ClN3. The van der Waals surface area contributed by atoms with Gasteiger partial charge in [-0.1, -0.05) is 60.9 Å². The van der Waals surface area contributed by atoms with Crippen LogP contribution in [0.15, 0.2) is 53.0 Å². The molecule has 0 amide bonds. The van der Waals surface area contributed by atoms with Gasteiger partial charge in [0, 0.05) is 22.9 Å². The van der Waals surface area contributed by atoms with Crippen molar-refractivity contribution in [2.24, 2.45) is 16.6 Å². The molecule has 3 nitrogen and oxygen atoms in total. The van der Waals surface area contributed by atoms with Crippen LogP contribution in [0.25, 0.3) is 5.70 Å².